The molecule has 0 radical (unpaired) electrons. The van der Waals surface area contributed by atoms with Gasteiger partial charge in [-0.15, -0.1) is 0 Å². The summed E-state index contributed by atoms with van der Waals surface area (Å²) in [4.78, 5) is 12.8. The maximum absolute atomic E-state index is 12.8. The molecule has 2 aromatic rings. The van der Waals surface area contributed by atoms with Gasteiger partial charge in [-0.2, -0.15) is 0 Å². The molecule has 6 nitrogen and oxygen atoms in total. The summed E-state index contributed by atoms with van der Waals surface area (Å²) in [5.41, 5.74) is 0.877. The topological polar surface area (TPSA) is 84.5 Å². The van der Waals surface area contributed by atoms with E-state index < -0.39 is 21.5 Å². The Bertz CT molecular complexity index is 931. The summed E-state index contributed by atoms with van der Waals surface area (Å²) < 4.78 is 33.2. The number of aryl methyl sites for hydroxylation is 1. The zero-order chi connectivity index (χ0) is 20.2. The predicted octanol–water partition coefficient (Wildman–Crippen LogP) is 3.72. The van der Waals surface area contributed by atoms with Crippen molar-refractivity contribution < 1.29 is 17.9 Å². The molecule has 0 spiro atoms. The Morgan fingerprint density at radius 2 is 1.78 bits per heavy atom. The van der Waals surface area contributed by atoms with Crippen LogP contribution in [0.2, 0.25) is 0 Å². The van der Waals surface area contributed by atoms with E-state index in [2.05, 4.69) is 10.0 Å². The number of hydrogen-bond donors (Lipinski definition) is 2. The van der Waals surface area contributed by atoms with Crippen molar-refractivity contribution in [2.75, 3.05) is 11.9 Å². The Morgan fingerprint density at radius 3 is 2.41 bits per heavy atom. The zero-order valence-corrected chi connectivity index (χ0v) is 17.1. The van der Waals surface area contributed by atoms with Gasteiger partial charge in [-0.25, -0.2) is 13.1 Å². The van der Waals surface area contributed by atoms with Crippen molar-refractivity contribution in [3.8, 4) is 5.75 Å². The second kappa shape index (κ2) is 8.10. The van der Waals surface area contributed by atoms with E-state index in [1.54, 1.807) is 52.0 Å². The predicted molar refractivity (Wildman–Crippen MR) is 107 cm³/mol. The third kappa shape index (κ3) is 5.55. The highest BCUT2D eigenvalue weighted by molar-refractivity contribution is 7.89. The number of para-hydroxylation sites is 2. The number of sulfonamides is 1. The molecule has 146 valence electrons. The molecule has 2 rings (SSSR count). The van der Waals surface area contributed by atoms with Crippen LogP contribution in [0.4, 0.5) is 5.69 Å². The molecule has 0 atom stereocenters. The Labute approximate surface area is 161 Å². The SMILES string of the molecule is CCOc1ccccc1NC(=O)c1cc(S(=O)(=O)NC(C)(C)C)ccc1C. The second-order valence-electron chi connectivity index (χ2n) is 7.22. The molecule has 2 N–H and O–H groups in total. The van der Waals surface area contributed by atoms with Crippen LogP contribution in [-0.2, 0) is 10.0 Å². The monoisotopic (exact) mass is 390 g/mol. The highest BCUT2D eigenvalue weighted by Crippen LogP contribution is 2.25. The molecule has 0 bridgehead atoms. The lowest BCUT2D eigenvalue weighted by Gasteiger charge is -2.21. The molecule has 7 heteroatoms. The van der Waals surface area contributed by atoms with Crippen LogP contribution in [0.5, 0.6) is 5.75 Å². The van der Waals surface area contributed by atoms with Gasteiger partial charge in [0.2, 0.25) is 10.0 Å². The maximum Gasteiger partial charge on any atom is 0.256 e. The van der Waals surface area contributed by atoms with Crippen LogP contribution >= 0.6 is 0 Å². The molecule has 0 fully saturated rings. The van der Waals surface area contributed by atoms with Crippen LogP contribution in [0, 0.1) is 6.92 Å². The van der Waals surface area contributed by atoms with Gasteiger partial charge in [0.1, 0.15) is 5.75 Å². The Kier molecular flexibility index (Phi) is 6.28. The van der Waals surface area contributed by atoms with Gasteiger partial charge < -0.3 is 10.1 Å². The standard InChI is InChI=1S/C20H26N2O4S/c1-6-26-18-10-8-7-9-17(18)21-19(23)16-13-15(12-11-14(16)2)27(24,25)22-20(3,4)5/h7-13,22H,6H2,1-5H3,(H,21,23). The number of anilines is 1. The Morgan fingerprint density at radius 1 is 1.11 bits per heavy atom. The lowest BCUT2D eigenvalue weighted by molar-refractivity contribution is 0.102. The lowest BCUT2D eigenvalue weighted by Crippen LogP contribution is -2.40. The number of nitrogens with one attached hydrogen (secondary N) is 2. The van der Waals surface area contributed by atoms with E-state index >= 15 is 0 Å². The largest absolute Gasteiger partial charge is 0.492 e. The molecule has 0 heterocycles. The van der Waals surface area contributed by atoms with E-state index in [0.29, 0.717) is 23.6 Å². The fourth-order valence-corrected chi connectivity index (χ4v) is 3.96. The smallest absolute Gasteiger partial charge is 0.256 e. The van der Waals surface area contributed by atoms with Gasteiger partial charge in [-0.3, -0.25) is 4.79 Å². The second-order valence-corrected chi connectivity index (χ2v) is 8.90. The minimum Gasteiger partial charge on any atom is -0.492 e. The van der Waals surface area contributed by atoms with Gasteiger partial charge in [0.25, 0.3) is 5.91 Å². The fourth-order valence-electron chi connectivity index (χ4n) is 2.52. The summed E-state index contributed by atoms with van der Waals surface area (Å²) >= 11 is 0. The molecule has 0 unspecified atom stereocenters. The lowest BCUT2D eigenvalue weighted by atomic mass is 10.1. The zero-order valence-electron chi connectivity index (χ0n) is 16.3. The number of carbonyl (C=O) groups excluding carboxylic acids is 1. The van der Waals surface area contributed by atoms with Gasteiger partial charge in [0, 0.05) is 11.1 Å². The van der Waals surface area contributed by atoms with Crippen molar-refractivity contribution in [3.05, 3.63) is 53.6 Å². The molecule has 0 aliphatic heterocycles. The summed E-state index contributed by atoms with van der Waals surface area (Å²) in [5, 5.41) is 2.80. The minimum absolute atomic E-state index is 0.0475. The van der Waals surface area contributed by atoms with Crippen molar-refractivity contribution >= 4 is 21.6 Å². The van der Waals surface area contributed by atoms with Crippen LogP contribution in [0.25, 0.3) is 0 Å². The van der Waals surface area contributed by atoms with E-state index in [9.17, 15) is 13.2 Å². The first-order chi connectivity index (χ1) is 12.5. The van der Waals surface area contributed by atoms with Crippen molar-refractivity contribution in [1.82, 2.24) is 4.72 Å². The third-order valence-electron chi connectivity index (χ3n) is 3.64. The van der Waals surface area contributed by atoms with Gasteiger partial charge in [0.15, 0.2) is 0 Å². The van der Waals surface area contributed by atoms with Crippen molar-refractivity contribution in [1.29, 1.82) is 0 Å². The van der Waals surface area contributed by atoms with E-state index in [4.69, 9.17) is 4.74 Å². The summed E-state index contributed by atoms with van der Waals surface area (Å²) in [6.45, 7) is 9.37. The number of ether oxygens (including phenoxy) is 1. The first kappa shape index (κ1) is 20.9. The van der Waals surface area contributed by atoms with Crippen LogP contribution < -0.4 is 14.8 Å². The number of benzene rings is 2. The Balaban J connectivity index is 2.35. The summed E-state index contributed by atoms with van der Waals surface area (Å²) in [5.74, 6) is 0.164. The van der Waals surface area contributed by atoms with Gasteiger partial charge in [-0.05, 0) is 64.4 Å². The van der Waals surface area contributed by atoms with Crippen molar-refractivity contribution in [2.24, 2.45) is 0 Å². The summed E-state index contributed by atoms with van der Waals surface area (Å²) in [6, 6.07) is 11.6. The highest BCUT2D eigenvalue weighted by Gasteiger charge is 2.23. The highest BCUT2D eigenvalue weighted by atomic mass is 32.2. The maximum atomic E-state index is 12.8. The van der Waals surface area contributed by atoms with E-state index in [0.717, 1.165) is 0 Å². The molecular formula is C20H26N2O4S. The quantitative estimate of drug-likeness (QED) is 0.787. The van der Waals surface area contributed by atoms with E-state index in [-0.39, 0.29) is 10.5 Å². The summed E-state index contributed by atoms with van der Waals surface area (Å²) in [6.07, 6.45) is 0. The van der Waals surface area contributed by atoms with Crippen molar-refractivity contribution in [2.45, 2.75) is 45.1 Å². The van der Waals surface area contributed by atoms with Gasteiger partial charge in [-0.1, -0.05) is 18.2 Å². The van der Waals surface area contributed by atoms with Gasteiger partial charge in [0.05, 0.1) is 17.2 Å². The molecule has 2 aromatic carbocycles. The van der Waals surface area contributed by atoms with E-state index in [1.807, 2.05) is 13.0 Å². The average Bonchev–Trinajstić information content (AvgIpc) is 2.54. The van der Waals surface area contributed by atoms with Crippen LogP contribution in [0.1, 0.15) is 43.6 Å². The molecule has 1 amide bonds. The van der Waals surface area contributed by atoms with Gasteiger partial charge >= 0.3 is 0 Å². The van der Waals surface area contributed by atoms with Crippen LogP contribution in [-0.4, -0.2) is 26.5 Å². The van der Waals surface area contributed by atoms with Crippen LogP contribution in [0.3, 0.4) is 0 Å². The first-order valence-electron chi connectivity index (χ1n) is 8.71. The van der Waals surface area contributed by atoms with E-state index in [1.165, 1.54) is 12.1 Å². The molecule has 0 saturated heterocycles. The number of carbonyl (C=O) groups is 1. The normalized spacial score (nSPS) is 11.9. The third-order valence-corrected chi connectivity index (χ3v) is 5.40. The number of rotatable bonds is 6. The fraction of sp³-hybridized carbons (Fsp3) is 0.350. The van der Waals surface area contributed by atoms with Crippen LogP contribution in [0.15, 0.2) is 47.4 Å². The molecule has 0 aliphatic carbocycles. The summed E-state index contributed by atoms with van der Waals surface area (Å²) in [7, 11) is -3.74. The van der Waals surface area contributed by atoms with Crippen molar-refractivity contribution in [3.63, 3.8) is 0 Å². The first-order valence-corrected chi connectivity index (χ1v) is 10.2. The molecular weight excluding hydrogens is 364 g/mol. The molecule has 27 heavy (non-hydrogen) atoms. The molecule has 0 aromatic heterocycles. The Hall–Kier alpha value is -2.38. The minimum atomic E-state index is -3.74. The average molecular weight is 391 g/mol. The molecule has 0 saturated carbocycles. The number of hydrogen-bond acceptors (Lipinski definition) is 4. The molecule has 0 aliphatic rings. The number of amides is 1.